The summed E-state index contributed by atoms with van der Waals surface area (Å²) in [6, 6.07) is 1.92. The summed E-state index contributed by atoms with van der Waals surface area (Å²) in [5.74, 6) is 0. The Kier molecular flexibility index (Phi) is 1.98. The van der Waals surface area contributed by atoms with Crippen LogP contribution in [0.4, 0.5) is 0 Å². The Morgan fingerprint density at radius 1 is 1.67 bits per heavy atom. The number of thiophene rings is 1. The van der Waals surface area contributed by atoms with E-state index in [2.05, 4.69) is 0 Å². The molecule has 1 nitrogen and oxygen atoms in total. The first-order valence-corrected chi connectivity index (χ1v) is 3.73. The van der Waals surface area contributed by atoms with Gasteiger partial charge in [-0.15, -0.1) is 0 Å². The highest BCUT2D eigenvalue weighted by molar-refractivity contribution is 7.18. The molecule has 50 valence electrons. The molecule has 0 bridgehead atoms. The van der Waals surface area contributed by atoms with E-state index in [4.69, 9.17) is 16.3 Å². The minimum atomic E-state index is 0.812. The van der Waals surface area contributed by atoms with Gasteiger partial charge < -0.3 is 4.74 Å². The molecule has 0 fully saturated rings. The summed E-state index contributed by atoms with van der Waals surface area (Å²) in [4.78, 5) is 0. The minimum absolute atomic E-state index is 0.812. The molecule has 0 aliphatic rings. The number of hydrogen-bond donors (Lipinski definition) is 0. The molecular formula is C6H7ClOS. The van der Waals surface area contributed by atoms with Crippen molar-refractivity contribution in [3.63, 3.8) is 0 Å². The van der Waals surface area contributed by atoms with Gasteiger partial charge in [-0.2, -0.15) is 0 Å². The predicted octanol–water partition coefficient (Wildman–Crippen LogP) is 2.72. The van der Waals surface area contributed by atoms with Crippen LogP contribution >= 0.6 is 22.9 Å². The molecule has 0 radical (unpaired) electrons. The van der Waals surface area contributed by atoms with Crippen LogP contribution in [0.1, 0.15) is 5.56 Å². The molecule has 9 heavy (non-hydrogen) atoms. The lowest BCUT2D eigenvalue weighted by Crippen LogP contribution is -1.73. The molecule has 0 amide bonds. The van der Waals surface area contributed by atoms with E-state index in [1.807, 2.05) is 13.0 Å². The van der Waals surface area contributed by atoms with E-state index in [0.717, 1.165) is 15.0 Å². The van der Waals surface area contributed by atoms with Gasteiger partial charge in [0.05, 0.1) is 11.4 Å². The van der Waals surface area contributed by atoms with Crippen LogP contribution in [0.25, 0.3) is 0 Å². The van der Waals surface area contributed by atoms with Gasteiger partial charge in [-0.05, 0) is 18.6 Å². The number of halogens is 1. The molecule has 3 heteroatoms. The number of hydrogen-bond acceptors (Lipinski definition) is 2. The first kappa shape index (κ1) is 6.90. The summed E-state index contributed by atoms with van der Waals surface area (Å²) in [5, 5.41) is 0.873. The van der Waals surface area contributed by atoms with Crippen LogP contribution in [-0.4, -0.2) is 7.11 Å². The van der Waals surface area contributed by atoms with Crippen molar-refractivity contribution >= 4 is 22.9 Å². The van der Waals surface area contributed by atoms with Crippen LogP contribution in [0.2, 0.25) is 4.34 Å². The topological polar surface area (TPSA) is 9.23 Å². The first-order valence-electron chi connectivity index (χ1n) is 2.54. The second-order valence-electron chi connectivity index (χ2n) is 1.73. The van der Waals surface area contributed by atoms with E-state index in [9.17, 15) is 0 Å². The second kappa shape index (κ2) is 2.58. The molecule has 0 N–H and O–H groups in total. The maximum Gasteiger partial charge on any atom is 0.175 e. The van der Waals surface area contributed by atoms with E-state index < -0.39 is 0 Å². The monoisotopic (exact) mass is 162 g/mol. The molecule has 0 saturated heterocycles. The summed E-state index contributed by atoms with van der Waals surface area (Å²) in [6.07, 6.45) is 0. The van der Waals surface area contributed by atoms with Gasteiger partial charge in [0, 0.05) is 0 Å². The minimum Gasteiger partial charge on any atom is -0.487 e. The highest BCUT2D eigenvalue weighted by Gasteiger charge is 2.00. The Balaban J connectivity index is 2.98. The van der Waals surface area contributed by atoms with Crippen molar-refractivity contribution < 1.29 is 4.74 Å². The molecule has 0 aliphatic carbocycles. The third-order valence-corrected chi connectivity index (χ3v) is 2.55. The SMILES string of the molecule is COc1cc(C)c(Cl)s1. The quantitative estimate of drug-likeness (QED) is 0.617. The van der Waals surface area contributed by atoms with Gasteiger partial charge in [0.1, 0.15) is 0 Å². The highest BCUT2D eigenvalue weighted by atomic mass is 35.5. The maximum absolute atomic E-state index is 5.75. The normalized spacial score (nSPS) is 9.67. The molecular weight excluding hydrogens is 156 g/mol. The zero-order valence-electron chi connectivity index (χ0n) is 5.27. The summed E-state index contributed by atoms with van der Waals surface area (Å²) in [6.45, 7) is 1.96. The number of rotatable bonds is 1. The molecule has 0 saturated carbocycles. The van der Waals surface area contributed by atoms with Crippen LogP contribution < -0.4 is 4.74 Å². The Bertz CT molecular complexity index is 187. The largest absolute Gasteiger partial charge is 0.487 e. The highest BCUT2D eigenvalue weighted by Crippen LogP contribution is 2.31. The van der Waals surface area contributed by atoms with E-state index in [1.165, 1.54) is 11.3 Å². The van der Waals surface area contributed by atoms with Gasteiger partial charge in [-0.3, -0.25) is 0 Å². The lowest BCUT2D eigenvalue weighted by atomic mass is 10.4. The third-order valence-electron chi connectivity index (χ3n) is 1.04. The van der Waals surface area contributed by atoms with Crippen LogP contribution in [0, 0.1) is 6.92 Å². The van der Waals surface area contributed by atoms with Crippen LogP contribution in [0.3, 0.4) is 0 Å². The van der Waals surface area contributed by atoms with Crippen molar-refractivity contribution in [2.24, 2.45) is 0 Å². The Hall–Kier alpha value is -0.210. The van der Waals surface area contributed by atoms with Crippen LogP contribution in [0.5, 0.6) is 5.06 Å². The van der Waals surface area contributed by atoms with E-state index in [1.54, 1.807) is 7.11 Å². The van der Waals surface area contributed by atoms with E-state index >= 15 is 0 Å². The Morgan fingerprint density at radius 2 is 2.33 bits per heavy atom. The predicted molar refractivity (Wildman–Crippen MR) is 40.6 cm³/mol. The lowest BCUT2D eigenvalue weighted by Gasteiger charge is -1.86. The molecule has 1 aromatic heterocycles. The fraction of sp³-hybridized carbons (Fsp3) is 0.333. The molecule has 1 aromatic rings. The fourth-order valence-corrected chi connectivity index (χ4v) is 1.53. The van der Waals surface area contributed by atoms with Crippen LogP contribution in [0.15, 0.2) is 6.07 Å². The maximum atomic E-state index is 5.75. The van der Waals surface area contributed by atoms with Crippen molar-refractivity contribution in [1.29, 1.82) is 0 Å². The molecule has 1 rings (SSSR count). The summed E-state index contributed by atoms with van der Waals surface area (Å²) < 4.78 is 5.76. The zero-order chi connectivity index (χ0) is 6.85. The number of methoxy groups -OCH3 is 1. The van der Waals surface area contributed by atoms with Crippen molar-refractivity contribution in [3.05, 3.63) is 16.0 Å². The van der Waals surface area contributed by atoms with Gasteiger partial charge in [0.25, 0.3) is 0 Å². The molecule has 0 aliphatic heterocycles. The van der Waals surface area contributed by atoms with Gasteiger partial charge in [-0.1, -0.05) is 22.9 Å². The van der Waals surface area contributed by atoms with E-state index in [0.29, 0.717) is 0 Å². The van der Waals surface area contributed by atoms with Crippen molar-refractivity contribution in [2.75, 3.05) is 7.11 Å². The second-order valence-corrected chi connectivity index (χ2v) is 3.34. The average molecular weight is 163 g/mol. The zero-order valence-corrected chi connectivity index (χ0v) is 6.84. The van der Waals surface area contributed by atoms with E-state index in [-0.39, 0.29) is 0 Å². The fourth-order valence-electron chi connectivity index (χ4n) is 0.532. The summed E-state index contributed by atoms with van der Waals surface area (Å²) >= 11 is 7.20. The first-order chi connectivity index (χ1) is 4.24. The van der Waals surface area contributed by atoms with Gasteiger partial charge in [0.15, 0.2) is 5.06 Å². The molecule has 1 heterocycles. The Morgan fingerprint density at radius 3 is 2.56 bits per heavy atom. The smallest absolute Gasteiger partial charge is 0.175 e. The van der Waals surface area contributed by atoms with Gasteiger partial charge in [-0.25, -0.2) is 0 Å². The summed E-state index contributed by atoms with van der Waals surface area (Å²) in [7, 11) is 1.64. The number of ether oxygens (including phenoxy) is 1. The standard InChI is InChI=1S/C6H7ClOS/c1-4-3-5(8-2)9-6(4)7/h3H,1-2H3. The average Bonchev–Trinajstić information content (AvgIpc) is 2.13. The third kappa shape index (κ3) is 1.37. The molecule has 0 aromatic carbocycles. The number of aryl methyl sites for hydroxylation is 1. The molecule has 0 spiro atoms. The van der Waals surface area contributed by atoms with Crippen LogP contribution in [-0.2, 0) is 0 Å². The van der Waals surface area contributed by atoms with Crippen molar-refractivity contribution in [1.82, 2.24) is 0 Å². The van der Waals surface area contributed by atoms with Gasteiger partial charge >= 0.3 is 0 Å². The lowest BCUT2D eigenvalue weighted by molar-refractivity contribution is 0.427. The molecule has 0 unspecified atom stereocenters. The van der Waals surface area contributed by atoms with Gasteiger partial charge in [0.2, 0.25) is 0 Å². The Labute approximate surface area is 63.2 Å². The summed E-state index contributed by atoms with van der Waals surface area (Å²) in [5.41, 5.74) is 1.08. The van der Waals surface area contributed by atoms with Crippen molar-refractivity contribution in [3.8, 4) is 5.06 Å². The molecule has 0 atom stereocenters. The van der Waals surface area contributed by atoms with Crippen molar-refractivity contribution in [2.45, 2.75) is 6.92 Å².